The third-order valence-electron chi connectivity index (χ3n) is 4.26. The molecule has 1 aromatic carbocycles. The summed E-state index contributed by atoms with van der Waals surface area (Å²) < 4.78 is 10.7. The summed E-state index contributed by atoms with van der Waals surface area (Å²) in [6.07, 6.45) is 5.38. The minimum Gasteiger partial charge on any atom is -0.454 e. The van der Waals surface area contributed by atoms with E-state index < -0.39 is 0 Å². The van der Waals surface area contributed by atoms with Gasteiger partial charge >= 0.3 is 0 Å². The number of hydrogen-bond donors (Lipinski definition) is 2. The van der Waals surface area contributed by atoms with Crippen LogP contribution in [0.1, 0.15) is 37.3 Å². The van der Waals surface area contributed by atoms with E-state index in [0.717, 1.165) is 18.0 Å². The van der Waals surface area contributed by atoms with Crippen LogP contribution in [0.4, 0.5) is 0 Å². The minimum absolute atomic E-state index is 0.113. The molecule has 0 bridgehead atoms. The van der Waals surface area contributed by atoms with Gasteiger partial charge in [0.25, 0.3) is 0 Å². The Balaban J connectivity index is 1.64. The Hall–Kier alpha value is -0.970. The molecule has 4 nitrogen and oxygen atoms in total. The lowest BCUT2D eigenvalue weighted by Crippen LogP contribution is -2.30. The van der Waals surface area contributed by atoms with E-state index in [1.807, 2.05) is 12.1 Å². The van der Waals surface area contributed by atoms with E-state index >= 15 is 0 Å². The quantitative estimate of drug-likeness (QED) is 0.847. The van der Waals surface area contributed by atoms with Crippen molar-refractivity contribution in [3.63, 3.8) is 0 Å². The zero-order valence-electron chi connectivity index (χ0n) is 11.5. The monoisotopic (exact) mass is 296 g/mol. The molecule has 0 aromatic heterocycles. The zero-order valence-corrected chi connectivity index (χ0v) is 12.3. The van der Waals surface area contributed by atoms with E-state index in [-0.39, 0.29) is 12.8 Å². The number of nitrogens with two attached hydrogens (primary N) is 1. The minimum atomic E-state index is 0.113. The fourth-order valence-electron chi connectivity index (χ4n) is 2.77. The molecule has 3 rings (SSSR count). The third-order valence-corrected chi connectivity index (χ3v) is 4.54. The Morgan fingerprint density at radius 1 is 1.35 bits per heavy atom. The van der Waals surface area contributed by atoms with Crippen LogP contribution in [0.2, 0.25) is 5.02 Å². The highest BCUT2D eigenvalue weighted by molar-refractivity contribution is 6.32. The number of fused-ring (bicyclic) bond motifs is 1. The van der Waals surface area contributed by atoms with Gasteiger partial charge in [0, 0.05) is 12.6 Å². The highest BCUT2D eigenvalue weighted by Gasteiger charge is 2.22. The van der Waals surface area contributed by atoms with Gasteiger partial charge in [-0.3, -0.25) is 0 Å². The molecule has 110 valence electrons. The van der Waals surface area contributed by atoms with Gasteiger partial charge < -0.3 is 20.5 Å². The second-order valence-corrected chi connectivity index (χ2v) is 5.97. The maximum atomic E-state index is 6.22. The summed E-state index contributed by atoms with van der Waals surface area (Å²) in [6.45, 7) is 1.78. The van der Waals surface area contributed by atoms with Gasteiger partial charge in [0.2, 0.25) is 6.79 Å². The first-order valence-electron chi connectivity index (χ1n) is 7.30. The van der Waals surface area contributed by atoms with E-state index in [9.17, 15) is 0 Å². The van der Waals surface area contributed by atoms with Crippen molar-refractivity contribution in [2.45, 2.75) is 31.7 Å². The number of rotatable bonds is 6. The summed E-state index contributed by atoms with van der Waals surface area (Å²) in [7, 11) is 0. The lowest BCUT2D eigenvalue weighted by Gasteiger charge is -2.26. The van der Waals surface area contributed by atoms with Crippen molar-refractivity contribution in [3.05, 3.63) is 22.7 Å². The fraction of sp³-hybridized carbons (Fsp3) is 0.600. The average Bonchev–Trinajstić information content (AvgIpc) is 2.85. The predicted molar refractivity (Wildman–Crippen MR) is 79.3 cm³/mol. The lowest BCUT2D eigenvalue weighted by molar-refractivity contribution is 0.174. The van der Waals surface area contributed by atoms with E-state index in [1.165, 1.54) is 25.7 Å². The molecule has 1 heterocycles. The second-order valence-electron chi connectivity index (χ2n) is 5.56. The first kappa shape index (κ1) is 14.0. The molecule has 0 saturated heterocycles. The molecular weight excluding hydrogens is 276 g/mol. The highest BCUT2D eigenvalue weighted by Crippen LogP contribution is 2.41. The number of benzene rings is 1. The Morgan fingerprint density at radius 3 is 2.90 bits per heavy atom. The summed E-state index contributed by atoms with van der Waals surface area (Å²) in [4.78, 5) is 0. The van der Waals surface area contributed by atoms with Gasteiger partial charge in [-0.2, -0.15) is 0 Å². The van der Waals surface area contributed by atoms with Gasteiger partial charge in [-0.15, -0.1) is 0 Å². The summed E-state index contributed by atoms with van der Waals surface area (Å²) in [5.74, 6) is 2.26. The SMILES string of the molecule is NCC(NCCC1CCC1)c1cc(Cl)c2c(c1)OCO2. The molecule has 1 atom stereocenters. The van der Waals surface area contributed by atoms with Gasteiger partial charge in [-0.25, -0.2) is 0 Å². The van der Waals surface area contributed by atoms with Crippen LogP contribution in [0, 0.1) is 5.92 Å². The Bertz CT molecular complexity index is 477. The molecule has 5 heteroatoms. The molecule has 1 aliphatic heterocycles. The molecule has 1 aliphatic carbocycles. The largest absolute Gasteiger partial charge is 0.454 e. The first-order chi connectivity index (χ1) is 9.78. The van der Waals surface area contributed by atoms with Crippen LogP contribution in [-0.2, 0) is 0 Å². The summed E-state index contributed by atoms with van der Waals surface area (Å²) in [5.41, 5.74) is 6.95. The molecule has 0 spiro atoms. The van der Waals surface area contributed by atoms with E-state index in [2.05, 4.69) is 5.32 Å². The topological polar surface area (TPSA) is 56.5 Å². The van der Waals surface area contributed by atoms with Crippen molar-refractivity contribution in [1.82, 2.24) is 5.32 Å². The van der Waals surface area contributed by atoms with Gasteiger partial charge in [0.15, 0.2) is 11.5 Å². The number of nitrogens with one attached hydrogen (secondary N) is 1. The molecule has 0 radical (unpaired) electrons. The normalized spacial score (nSPS) is 18.9. The molecule has 1 saturated carbocycles. The van der Waals surface area contributed by atoms with Crippen LogP contribution in [0.15, 0.2) is 12.1 Å². The summed E-state index contributed by atoms with van der Waals surface area (Å²) >= 11 is 6.22. The molecule has 1 fully saturated rings. The molecule has 1 aromatic rings. The van der Waals surface area contributed by atoms with Crippen molar-refractivity contribution in [3.8, 4) is 11.5 Å². The van der Waals surface area contributed by atoms with Crippen LogP contribution >= 0.6 is 11.6 Å². The van der Waals surface area contributed by atoms with Crippen LogP contribution in [0.5, 0.6) is 11.5 Å². The van der Waals surface area contributed by atoms with Gasteiger partial charge in [-0.05, 0) is 36.6 Å². The Morgan fingerprint density at radius 2 is 2.20 bits per heavy atom. The fourth-order valence-corrected chi connectivity index (χ4v) is 3.04. The number of ether oxygens (including phenoxy) is 2. The number of hydrogen-bond acceptors (Lipinski definition) is 4. The smallest absolute Gasteiger partial charge is 0.231 e. The molecule has 3 N–H and O–H groups in total. The van der Waals surface area contributed by atoms with Crippen LogP contribution in [-0.4, -0.2) is 19.9 Å². The van der Waals surface area contributed by atoms with Crippen molar-refractivity contribution < 1.29 is 9.47 Å². The molecule has 1 unspecified atom stereocenters. The second kappa shape index (κ2) is 6.20. The third kappa shape index (κ3) is 2.87. The molecular formula is C15H21ClN2O2. The van der Waals surface area contributed by atoms with Gasteiger partial charge in [-0.1, -0.05) is 30.9 Å². The number of halogens is 1. The van der Waals surface area contributed by atoms with Crippen LogP contribution in [0.25, 0.3) is 0 Å². The van der Waals surface area contributed by atoms with E-state index in [4.69, 9.17) is 26.8 Å². The van der Waals surface area contributed by atoms with Gasteiger partial charge in [0.05, 0.1) is 5.02 Å². The first-order valence-corrected chi connectivity index (χ1v) is 7.68. The lowest BCUT2D eigenvalue weighted by atomic mass is 9.83. The average molecular weight is 297 g/mol. The summed E-state index contributed by atoms with van der Waals surface area (Å²) in [5, 5.41) is 4.12. The molecule has 0 amide bonds. The van der Waals surface area contributed by atoms with Crippen LogP contribution in [0.3, 0.4) is 0 Å². The van der Waals surface area contributed by atoms with Crippen molar-refractivity contribution >= 4 is 11.6 Å². The van der Waals surface area contributed by atoms with Crippen LogP contribution < -0.4 is 20.5 Å². The predicted octanol–water partition coefficient (Wildman–Crippen LogP) is 2.85. The maximum absolute atomic E-state index is 6.22. The van der Waals surface area contributed by atoms with E-state index in [1.54, 1.807) is 0 Å². The molecule has 2 aliphatic rings. The standard InChI is InChI=1S/C15H21ClN2O2/c16-12-6-11(7-14-15(12)20-9-19-14)13(8-17)18-5-4-10-2-1-3-10/h6-7,10,13,18H,1-5,8-9,17H2. The Labute approximate surface area is 124 Å². The zero-order chi connectivity index (χ0) is 13.9. The van der Waals surface area contributed by atoms with Crippen molar-refractivity contribution in [2.75, 3.05) is 19.9 Å². The van der Waals surface area contributed by atoms with E-state index in [0.29, 0.717) is 23.1 Å². The van der Waals surface area contributed by atoms with Crippen molar-refractivity contribution in [2.24, 2.45) is 11.7 Å². The highest BCUT2D eigenvalue weighted by atomic mass is 35.5. The Kier molecular flexibility index (Phi) is 4.34. The maximum Gasteiger partial charge on any atom is 0.231 e. The summed E-state index contributed by atoms with van der Waals surface area (Å²) in [6, 6.07) is 4.01. The van der Waals surface area contributed by atoms with Crippen molar-refractivity contribution in [1.29, 1.82) is 0 Å². The molecule has 20 heavy (non-hydrogen) atoms. The van der Waals surface area contributed by atoms with Gasteiger partial charge in [0.1, 0.15) is 0 Å².